The van der Waals surface area contributed by atoms with Crippen molar-refractivity contribution in [2.24, 2.45) is 4.99 Å². The zero-order valence-corrected chi connectivity index (χ0v) is 15.5. The van der Waals surface area contributed by atoms with E-state index in [0.717, 1.165) is 32.1 Å². The van der Waals surface area contributed by atoms with Gasteiger partial charge >= 0.3 is 0 Å². The molecule has 0 radical (unpaired) electrons. The van der Waals surface area contributed by atoms with Crippen LogP contribution in [0, 0.1) is 0 Å². The SMILES string of the molecule is CN=C(NCCCOC)NCc1cccc2ccccc12.I. The Morgan fingerprint density at radius 1 is 1.09 bits per heavy atom. The first-order valence-electron chi connectivity index (χ1n) is 7.25. The Labute approximate surface area is 149 Å². The van der Waals surface area contributed by atoms with Gasteiger partial charge in [0, 0.05) is 33.9 Å². The second-order valence-corrected chi connectivity index (χ2v) is 4.84. The standard InChI is InChI=1S/C17H23N3O.HI/c1-18-17(19-11-6-12-21-2)20-13-15-9-5-8-14-7-3-4-10-16(14)15;/h3-5,7-10H,6,11-13H2,1-2H3,(H2,18,19,20);1H. The lowest BCUT2D eigenvalue weighted by molar-refractivity contribution is 0.195. The van der Waals surface area contributed by atoms with E-state index in [4.69, 9.17) is 4.74 Å². The highest BCUT2D eigenvalue weighted by molar-refractivity contribution is 14.0. The van der Waals surface area contributed by atoms with Crippen molar-refractivity contribution in [3.8, 4) is 0 Å². The van der Waals surface area contributed by atoms with Crippen molar-refractivity contribution in [2.75, 3.05) is 27.3 Å². The van der Waals surface area contributed by atoms with Crippen LogP contribution in [0.25, 0.3) is 10.8 Å². The number of nitrogens with one attached hydrogen (secondary N) is 2. The first kappa shape index (κ1) is 18.7. The van der Waals surface area contributed by atoms with Crippen LogP contribution in [0.1, 0.15) is 12.0 Å². The van der Waals surface area contributed by atoms with Crippen molar-refractivity contribution < 1.29 is 4.74 Å². The number of halogens is 1. The van der Waals surface area contributed by atoms with Gasteiger partial charge in [0.05, 0.1) is 0 Å². The zero-order valence-electron chi connectivity index (χ0n) is 13.1. The molecule has 0 aromatic heterocycles. The lowest BCUT2D eigenvalue weighted by Crippen LogP contribution is -2.37. The van der Waals surface area contributed by atoms with Crippen LogP contribution in [0.2, 0.25) is 0 Å². The number of guanidine groups is 1. The molecule has 5 heteroatoms. The minimum Gasteiger partial charge on any atom is -0.385 e. The van der Waals surface area contributed by atoms with E-state index in [-0.39, 0.29) is 24.0 Å². The van der Waals surface area contributed by atoms with Crippen molar-refractivity contribution in [2.45, 2.75) is 13.0 Å². The summed E-state index contributed by atoms with van der Waals surface area (Å²) in [6.45, 7) is 2.36. The molecule has 0 amide bonds. The molecule has 0 aliphatic heterocycles. The molecule has 0 heterocycles. The average Bonchev–Trinajstić information content (AvgIpc) is 2.54. The molecule has 0 aliphatic carbocycles. The van der Waals surface area contributed by atoms with E-state index in [9.17, 15) is 0 Å². The first-order chi connectivity index (χ1) is 10.3. The van der Waals surface area contributed by atoms with Gasteiger partial charge in [0.2, 0.25) is 0 Å². The largest absolute Gasteiger partial charge is 0.385 e. The van der Waals surface area contributed by atoms with Crippen molar-refractivity contribution >= 4 is 40.7 Å². The van der Waals surface area contributed by atoms with Gasteiger partial charge in [-0.1, -0.05) is 42.5 Å². The van der Waals surface area contributed by atoms with E-state index < -0.39 is 0 Å². The highest BCUT2D eigenvalue weighted by Crippen LogP contribution is 2.18. The van der Waals surface area contributed by atoms with Gasteiger partial charge in [0.1, 0.15) is 0 Å². The van der Waals surface area contributed by atoms with E-state index in [2.05, 4.69) is 58.1 Å². The van der Waals surface area contributed by atoms with Crippen LogP contribution in [0.5, 0.6) is 0 Å². The fraction of sp³-hybridized carbons (Fsp3) is 0.353. The fourth-order valence-electron chi connectivity index (χ4n) is 2.27. The molecule has 0 saturated heterocycles. The smallest absolute Gasteiger partial charge is 0.191 e. The molecule has 2 aromatic carbocycles. The normalized spacial score (nSPS) is 11.1. The van der Waals surface area contributed by atoms with Gasteiger partial charge in [0.15, 0.2) is 5.96 Å². The highest BCUT2D eigenvalue weighted by Gasteiger charge is 2.02. The summed E-state index contributed by atoms with van der Waals surface area (Å²) in [5.74, 6) is 0.819. The molecular weight excluding hydrogens is 389 g/mol. The molecular formula is C17H24IN3O. The third-order valence-corrected chi connectivity index (χ3v) is 3.37. The average molecular weight is 413 g/mol. The molecule has 0 atom stereocenters. The van der Waals surface area contributed by atoms with E-state index in [1.807, 2.05) is 0 Å². The molecule has 4 nitrogen and oxygen atoms in total. The maximum Gasteiger partial charge on any atom is 0.191 e. The van der Waals surface area contributed by atoms with Gasteiger partial charge in [-0.25, -0.2) is 0 Å². The van der Waals surface area contributed by atoms with Crippen molar-refractivity contribution in [1.82, 2.24) is 10.6 Å². The second-order valence-electron chi connectivity index (χ2n) is 4.84. The maximum atomic E-state index is 5.03. The van der Waals surface area contributed by atoms with Crippen LogP contribution < -0.4 is 10.6 Å². The van der Waals surface area contributed by atoms with Gasteiger partial charge in [-0.05, 0) is 22.8 Å². The topological polar surface area (TPSA) is 45.7 Å². The van der Waals surface area contributed by atoms with E-state index >= 15 is 0 Å². The second kappa shape index (κ2) is 10.4. The summed E-state index contributed by atoms with van der Waals surface area (Å²) in [4.78, 5) is 4.23. The number of hydrogen-bond acceptors (Lipinski definition) is 2. The Morgan fingerprint density at radius 2 is 1.86 bits per heavy atom. The molecule has 0 saturated carbocycles. The Bertz CT molecular complexity index is 596. The van der Waals surface area contributed by atoms with E-state index in [1.165, 1.54) is 16.3 Å². The number of rotatable bonds is 6. The summed E-state index contributed by atoms with van der Waals surface area (Å²) in [5, 5.41) is 9.18. The predicted octanol–water partition coefficient (Wildman–Crippen LogP) is 3.16. The summed E-state index contributed by atoms with van der Waals surface area (Å²) in [7, 11) is 3.50. The van der Waals surface area contributed by atoms with Crippen LogP contribution in [0.15, 0.2) is 47.5 Å². The minimum atomic E-state index is 0. The highest BCUT2D eigenvalue weighted by atomic mass is 127. The summed E-state index contributed by atoms with van der Waals surface area (Å²) >= 11 is 0. The summed E-state index contributed by atoms with van der Waals surface area (Å²) < 4.78 is 5.03. The molecule has 0 bridgehead atoms. The van der Waals surface area contributed by atoms with Crippen LogP contribution in [-0.4, -0.2) is 33.3 Å². The van der Waals surface area contributed by atoms with E-state index in [0.29, 0.717) is 0 Å². The number of methoxy groups -OCH3 is 1. The summed E-state index contributed by atoms with van der Waals surface area (Å²) in [6, 6.07) is 14.8. The van der Waals surface area contributed by atoms with Crippen molar-refractivity contribution in [1.29, 1.82) is 0 Å². The number of aliphatic imine (C=N–C) groups is 1. The van der Waals surface area contributed by atoms with Crippen LogP contribution in [0.4, 0.5) is 0 Å². The first-order valence-corrected chi connectivity index (χ1v) is 7.25. The number of nitrogens with zero attached hydrogens (tertiary/aromatic N) is 1. The third kappa shape index (κ3) is 5.46. The number of hydrogen-bond donors (Lipinski definition) is 2. The maximum absolute atomic E-state index is 5.03. The predicted molar refractivity (Wildman–Crippen MR) is 104 cm³/mol. The van der Waals surface area contributed by atoms with Gasteiger partial charge in [-0.3, -0.25) is 4.99 Å². The Kier molecular flexibility index (Phi) is 8.84. The molecule has 0 fully saturated rings. The fourth-order valence-corrected chi connectivity index (χ4v) is 2.27. The summed E-state index contributed by atoms with van der Waals surface area (Å²) in [5.41, 5.74) is 1.27. The van der Waals surface area contributed by atoms with Crippen LogP contribution in [0.3, 0.4) is 0 Å². The van der Waals surface area contributed by atoms with Crippen molar-refractivity contribution in [3.63, 3.8) is 0 Å². The molecule has 2 N–H and O–H groups in total. The Hall–Kier alpha value is -1.34. The molecule has 22 heavy (non-hydrogen) atoms. The molecule has 0 spiro atoms. The molecule has 0 unspecified atom stereocenters. The van der Waals surface area contributed by atoms with Gasteiger partial charge in [-0.15, -0.1) is 24.0 Å². The van der Waals surface area contributed by atoms with Crippen LogP contribution >= 0.6 is 24.0 Å². The Balaban J connectivity index is 0.00000242. The lowest BCUT2D eigenvalue weighted by Gasteiger charge is -2.13. The van der Waals surface area contributed by atoms with Crippen LogP contribution in [-0.2, 0) is 11.3 Å². The zero-order chi connectivity index (χ0) is 14.9. The Morgan fingerprint density at radius 3 is 2.64 bits per heavy atom. The monoisotopic (exact) mass is 413 g/mol. The van der Waals surface area contributed by atoms with Gasteiger partial charge in [-0.2, -0.15) is 0 Å². The number of benzene rings is 2. The molecule has 0 aliphatic rings. The molecule has 2 aromatic rings. The van der Waals surface area contributed by atoms with Gasteiger partial charge < -0.3 is 15.4 Å². The molecule has 120 valence electrons. The number of ether oxygens (including phenoxy) is 1. The van der Waals surface area contributed by atoms with E-state index in [1.54, 1.807) is 14.2 Å². The quantitative estimate of drug-likeness (QED) is 0.331. The lowest BCUT2D eigenvalue weighted by atomic mass is 10.0. The number of fused-ring (bicyclic) bond motifs is 1. The summed E-state index contributed by atoms with van der Waals surface area (Å²) in [6.07, 6.45) is 0.964. The van der Waals surface area contributed by atoms with Gasteiger partial charge in [0.25, 0.3) is 0 Å². The minimum absolute atomic E-state index is 0. The van der Waals surface area contributed by atoms with Crippen molar-refractivity contribution in [3.05, 3.63) is 48.0 Å². The third-order valence-electron chi connectivity index (χ3n) is 3.37. The molecule has 2 rings (SSSR count).